The lowest BCUT2D eigenvalue weighted by molar-refractivity contribution is 0.00578. The van der Waals surface area contributed by atoms with E-state index in [4.69, 9.17) is 9.31 Å². The van der Waals surface area contributed by atoms with Gasteiger partial charge >= 0.3 is 7.12 Å². The van der Waals surface area contributed by atoms with Crippen molar-refractivity contribution in [3.05, 3.63) is 12.3 Å². The summed E-state index contributed by atoms with van der Waals surface area (Å²) in [5.41, 5.74) is 0.373. The van der Waals surface area contributed by atoms with Crippen molar-refractivity contribution in [1.29, 1.82) is 0 Å². The molecule has 5 heteroatoms. The van der Waals surface area contributed by atoms with E-state index in [1.165, 1.54) is 0 Å². The number of hydrogen-bond donors (Lipinski definition) is 0. The molecule has 0 unspecified atom stereocenters. The van der Waals surface area contributed by atoms with Crippen LogP contribution in [0.5, 0.6) is 0 Å². The SMILES string of the molecule is C.Cn1nccc1B1OC(C)(C)C(C)(C)O1. The highest BCUT2D eigenvalue weighted by molar-refractivity contribution is 6.61. The van der Waals surface area contributed by atoms with Gasteiger partial charge in [0.05, 0.1) is 16.8 Å². The second kappa shape index (κ2) is 3.89. The van der Waals surface area contributed by atoms with Gasteiger partial charge in [-0.05, 0) is 33.8 Å². The van der Waals surface area contributed by atoms with Gasteiger partial charge in [0.2, 0.25) is 0 Å². The Kier molecular flexibility index (Phi) is 3.23. The number of nitrogens with zero attached hydrogens (tertiary/aromatic N) is 2. The smallest absolute Gasteiger partial charge is 0.398 e. The van der Waals surface area contributed by atoms with Gasteiger partial charge in [-0.15, -0.1) is 0 Å². The molecule has 0 spiro atoms. The maximum absolute atomic E-state index is 5.91. The summed E-state index contributed by atoms with van der Waals surface area (Å²) in [5, 5.41) is 4.11. The molecule has 1 fully saturated rings. The number of rotatable bonds is 1. The van der Waals surface area contributed by atoms with E-state index in [0.29, 0.717) is 0 Å². The molecule has 1 saturated heterocycles. The molecule has 1 aromatic rings. The van der Waals surface area contributed by atoms with Gasteiger partial charge in [-0.3, -0.25) is 4.68 Å². The molecule has 1 aromatic heterocycles. The van der Waals surface area contributed by atoms with E-state index < -0.39 is 0 Å². The van der Waals surface area contributed by atoms with E-state index in [2.05, 4.69) is 5.10 Å². The van der Waals surface area contributed by atoms with Crippen LogP contribution in [0.4, 0.5) is 0 Å². The van der Waals surface area contributed by atoms with E-state index in [9.17, 15) is 0 Å². The van der Waals surface area contributed by atoms with Crippen molar-refractivity contribution in [1.82, 2.24) is 9.78 Å². The van der Waals surface area contributed by atoms with Gasteiger partial charge in [-0.2, -0.15) is 5.10 Å². The molecule has 90 valence electrons. The first-order valence-electron chi connectivity index (χ1n) is 5.17. The summed E-state index contributed by atoms with van der Waals surface area (Å²) in [5.74, 6) is 0. The Hall–Kier alpha value is -0.805. The molecule has 16 heavy (non-hydrogen) atoms. The fourth-order valence-electron chi connectivity index (χ4n) is 1.58. The van der Waals surface area contributed by atoms with Crippen LogP contribution in [0.15, 0.2) is 12.3 Å². The van der Waals surface area contributed by atoms with Crippen LogP contribution in [0, 0.1) is 0 Å². The van der Waals surface area contributed by atoms with Crippen molar-refractivity contribution in [2.24, 2.45) is 7.05 Å². The van der Waals surface area contributed by atoms with Crippen molar-refractivity contribution >= 4 is 12.7 Å². The molecule has 0 atom stereocenters. The van der Waals surface area contributed by atoms with Crippen molar-refractivity contribution in [2.75, 3.05) is 0 Å². The third-order valence-corrected chi connectivity index (χ3v) is 3.35. The molecule has 0 bridgehead atoms. The van der Waals surface area contributed by atoms with Gasteiger partial charge < -0.3 is 9.31 Å². The van der Waals surface area contributed by atoms with Crippen molar-refractivity contribution in [2.45, 2.75) is 46.3 Å². The molecule has 2 heterocycles. The zero-order chi connectivity index (χ0) is 11.3. The Balaban J connectivity index is 0.00000128. The number of hydrogen-bond acceptors (Lipinski definition) is 3. The minimum absolute atomic E-state index is 0. The Morgan fingerprint density at radius 3 is 2.06 bits per heavy atom. The van der Waals surface area contributed by atoms with E-state index in [1.807, 2.05) is 40.8 Å². The van der Waals surface area contributed by atoms with Gasteiger partial charge in [0.25, 0.3) is 0 Å². The van der Waals surface area contributed by atoms with Crippen molar-refractivity contribution < 1.29 is 9.31 Å². The molecule has 4 nitrogen and oxygen atoms in total. The molecule has 2 rings (SSSR count). The standard InChI is InChI=1S/C10H17BN2O2.CH4/c1-9(2)10(3,4)15-11(14-9)8-6-7-12-13(8)5;/h6-7H,1-5H3;1H4. The Morgan fingerprint density at radius 1 is 1.19 bits per heavy atom. The molecular formula is C11H21BN2O2. The highest BCUT2D eigenvalue weighted by atomic mass is 16.7. The first kappa shape index (κ1) is 13.3. The number of aromatic nitrogens is 2. The molecule has 1 aliphatic heterocycles. The highest BCUT2D eigenvalue weighted by Crippen LogP contribution is 2.36. The fraction of sp³-hybridized carbons (Fsp3) is 0.727. The molecule has 0 radical (unpaired) electrons. The summed E-state index contributed by atoms with van der Waals surface area (Å²) < 4.78 is 13.6. The summed E-state index contributed by atoms with van der Waals surface area (Å²) in [7, 11) is 1.57. The van der Waals surface area contributed by atoms with Crippen LogP contribution >= 0.6 is 0 Å². The predicted octanol–water partition coefficient (Wildman–Crippen LogP) is 1.36. The Labute approximate surface area is 98.1 Å². The maximum Gasteiger partial charge on any atom is 0.514 e. The third kappa shape index (κ3) is 1.89. The molecule has 0 aliphatic carbocycles. The average molecular weight is 224 g/mol. The highest BCUT2D eigenvalue weighted by Gasteiger charge is 2.52. The average Bonchev–Trinajstić information content (AvgIpc) is 2.55. The molecule has 0 amide bonds. The van der Waals surface area contributed by atoms with Crippen LogP contribution < -0.4 is 5.59 Å². The van der Waals surface area contributed by atoms with E-state index in [0.717, 1.165) is 5.59 Å². The van der Waals surface area contributed by atoms with Gasteiger partial charge in [0.15, 0.2) is 0 Å². The summed E-state index contributed by atoms with van der Waals surface area (Å²) in [6.45, 7) is 8.18. The second-order valence-electron chi connectivity index (χ2n) is 4.97. The van der Waals surface area contributed by atoms with Crippen molar-refractivity contribution in [3.8, 4) is 0 Å². The largest absolute Gasteiger partial charge is 0.514 e. The van der Waals surface area contributed by atoms with Gasteiger partial charge in [-0.25, -0.2) is 0 Å². The minimum atomic E-state index is -0.317. The van der Waals surface area contributed by atoms with Gasteiger partial charge in [0, 0.05) is 13.2 Å². The van der Waals surface area contributed by atoms with Gasteiger partial charge in [-0.1, -0.05) is 7.43 Å². The lowest BCUT2D eigenvalue weighted by Gasteiger charge is -2.32. The zero-order valence-electron chi connectivity index (χ0n) is 9.94. The maximum atomic E-state index is 5.91. The van der Waals surface area contributed by atoms with Crippen LogP contribution in [0.3, 0.4) is 0 Å². The first-order valence-corrected chi connectivity index (χ1v) is 5.17. The Bertz CT molecular complexity index is 358. The zero-order valence-corrected chi connectivity index (χ0v) is 9.94. The fourth-order valence-corrected chi connectivity index (χ4v) is 1.58. The van der Waals surface area contributed by atoms with Crippen molar-refractivity contribution in [3.63, 3.8) is 0 Å². The van der Waals surface area contributed by atoms with Crippen LogP contribution in [0.1, 0.15) is 35.1 Å². The summed E-state index contributed by atoms with van der Waals surface area (Å²) in [6.07, 6.45) is 1.75. The Morgan fingerprint density at radius 2 is 1.69 bits per heavy atom. The number of aryl methyl sites for hydroxylation is 1. The van der Waals surface area contributed by atoms with E-state index in [-0.39, 0.29) is 25.7 Å². The van der Waals surface area contributed by atoms with Crippen LogP contribution in [-0.4, -0.2) is 28.1 Å². The topological polar surface area (TPSA) is 36.3 Å². The lowest BCUT2D eigenvalue weighted by Crippen LogP contribution is -2.41. The normalized spacial score (nSPS) is 21.9. The second-order valence-corrected chi connectivity index (χ2v) is 4.97. The summed E-state index contributed by atoms with van der Waals surface area (Å²) >= 11 is 0. The molecule has 1 aliphatic rings. The third-order valence-electron chi connectivity index (χ3n) is 3.35. The molecule has 0 saturated carbocycles. The molecular weight excluding hydrogens is 203 g/mol. The van der Waals surface area contributed by atoms with Crippen LogP contribution in [-0.2, 0) is 16.4 Å². The quantitative estimate of drug-likeness (QED) is 0.675. The lowest BCUT2D eigenvalue weighted by atomic mass is 9.85. The minimum Gasteiger partial charge on any atom is -0.398 e. The summed E-state index contributed by atoms with van der Waals surface area (Å²) in [6, 6.07) is 1.92. The predicted molar refractivity (Wildman–Crippen MR) is 65.7 cm³/mol. The van der Waals surface area contributed by atoms with Crippen LogP contribution in [0.25, 0.3) is 0 Å². The first-order chi connectivity index (χ1) is 6.83. The monoisotopic (exact) mass is 224 g/mol. The molecule has 0 N–H and O–H groups in total. The molecule has 0 aromatic carbocycles. The van der Waals surface area contributed by atoms with Crippen LogP contribution in [0.2, 0.25) is 0 Å². The van der Waals surface area contributed by atoms with E-state index in [1.54, 1.807) is 10.9 Å². The summed E-state index contributed by atoms with van der Waals surface area (Å²) in [4.78, 5) is 0. The van der Waals surface area contributed by atoms with Gasteiger partial charge in [0.1, 0.15) is 0 Å². The van der Waals surface area contributed by atoms with E-state index >= 15 is 0 Å².